The van der Waals surface area contributed by atoms with Crippen molar-refractivity contribution in [2.24, 2.45) is 0 Å². The van der Waals surface area contributed by atoms with Gasteiger partial charge in [0.05, 0.1) is 21.4 Å². The lowest BCUT2D eigenvalue weighted by atomic mass is 10.1. The molecule has 0 saturated heterocycles. The van der Waals surface area contributed by atoms with Crippen LogP contribution >= 0.6 is 23.2 Å². The van der Waals surface area contributed by atoms with Gasteiger partial charge in [-0.15, -0.1) is 0 Å². The molecule has 0 heterocycles. The molecule has 0 aromatic heterocycles. The lowest BCUT2D eigenvalue weighted by molar-refractivity contribution is -0.137. The number of alkyl halides is 3. The van der Waals surface area contributed by atoms with Crippen LogP contribution < -0.4 is 5.32 Å². The van der Waals surface area contributed by atoms with Crippen molar-refractivity contribution in [1.82, 2.24) is 0 Å². The first-order valence-electron chi connectivity index (χ1n) is 7.62. The van der Waals surface area contributed by atoms with Crippen LogP contribution in [0.3, 0.4) is 0 Å². The van der Waals surface area contributed by atoms with Gasteiger partial charge in [0.25, 0.3) is 5.91 Å². The van der Waals surface area contributed by atoms with Crippen LogP contribution in [0.4, 0.5) is 18.9 Å². The van der Waals surface area contributed by atoms with E-state index in [-0.39, 0.29) is 15.7 Å². The van der Waals surface area contributed by atoms with E-state index in [0.717, 1.165) is 31.2 Å². The van der Waals surface area contributed by atoms with E-state index in [9.17, 15) is 31.5 Å². The Morgan fingerprint density at radius 2 is 1.57 bits per heavy atom. The molecule has 0 fully saturated rings. The third-order valence-electron chi connectivity index (χ3n) is 3.66. The molecule has 2 aromatic rings. The molecule has 1 amide bonds. The number of rotatable bonds is 5. The van der Waals surface area contributed by atoms with Gasteiger partial charge in [0, 0.05) is 5.69 Å². The Morgan fingerprint density at radius 3 is 2.04 bits per heavy atom. The van der Waals surface area contributed by atoms with Crippen molar-refractivity contribution in [3.05, 3.63) is 58.1 Å². The fourth-order valence-corrected chi connectivity index (χ4v) is 5.14. The number of nitrogens with one attached hydrogen (secondary N) is 1. The predicted molar refractivity (Wildman–Crippen MR) is 99.2 cm³/mol. The maximum Gasteiger partial charge on any atom is 0.416 e. The van der Waals surface area contributed by atoms with Gasteiger partial charge >= 0.3 is 6.18 Å². The summed E-state index contributed by atoms with van der Waals surface area (Å²) in [5.74, 6) is -2.17. The number of sulfone groups is 1. The second-order valence-electron chi connectivity index (χ2n) is 6.11. The highest BCUT2D eigenvalue weighted by Crippen LogP contribution is 2.32. The minimum atomic E-state index is -4.55. The highest BCUT2D eigenvalue weighted by molar-refractivity contribution is 7.91. The summed E-state index contributed by atoms with van der Waals surface area (Å²) in [4.78, 5) is 11.9. The predicted octanol–water partition coefficient (Wildman–Crippen LogP) is 4.18. The Bertz CT molecular complexity index is 970. The van der Waals surface area contributed by atoms with Crippen LogP contribution in [0.25, 0.3) is 0 Å². The molecule has 0 spiro atoms. The minimum Gasteiger partial charge on any atom is -0.379 e. The molecule has 11 heteroatoms. The van der Waals surface area contributed by atoms with Crippen LogP contribution in [0.5, 0.6) is 0 Å². The van der Waals surface area contributed by atoms with Gasteiger partial charge in [-0.3, -0.25) is 4.79 Å². The van der Waals surface area contributed by atoms with E-state index in [2.05, 4.69) is 5.32 Å². The van der Waals surface area contributed by atoms with Crippen molar-refractivity contribution < 1.29 is 31.5 Å². The van der Waals surface area contributed by atoms with Crippen molar-refractivity contribution in [1.29, 1.82) is 0 Å². The van der Waals surface area contributed by atoms with Gasteiger partial charge in [0.1, 0.15) is 4.90 Å². The van der Waals surface area contributed by atoms with E-state index >= 15 is 0 Å². The van der Waals surface area contributed by atoms with E-state index in [0.29, 0.717) is 0 Å². The maximum atomic E-state index is 12.6. The zero-order valence-corrected chi connectivity index (χ0v) is 16.5. The maximum absolute atomic E-state index is 12.6. The largest absolute Gasteiger partial charge is 0.416 e. The monoisotopic (exact) mass is 455 g/mol. The summed E-state index contributed by atoms with van der Waals surface area (Å²) in [5, 5.41) is 12.2. The molecule has 2 N–H and O–H groups in total. The number of carbonyl (C=O) groups is 1. The molecule has 0 aliphatic heterocycles. The Balaban J connectivity index is 2.21. The van der Waals surface area contributed by atoms with Crippen LogP contribution in [0.2, 0.25) is 10.0 Å². The normalized spacial score (nSPS) is 14.4. The van der Waals surface area contributed by atoms with Crippen LogP contribution in [0, 0.1) is 0 Å². The number of benzene rings is 2. The van der Waals surface area contributed by atoms with Crippen molar-refractivity contribution >= 4 is 44.6 Å². The second-order valence-corrected chi connectivity index (χ2v) is 8.85. The van der Waals surface area contributed by atoms with Gasteiger partial charge in [-0.25, -0.2) is 8.42 Å². The van der Waals surface area contributed by atoms with Crippen molar-refractivity contribution in [2.75, 3.05) is 11.1 Å². The second kappa shape index (κ2) is 7.90. The summed E-state index contributed by atoms with van der Waals surface area (Å²) in [6.45, 7) is 0.953. The fraction of sp³-hybridized carbons (Fsp3) is 0.235. The molecule has 0 radical (unpaired) electrons. The first-order valence-corrected chi connectivity index (χ1v) is 10.0. The Morgan fingerprint density at radius 1 is 1.07 bits per heavy atom. The first kappa shape index (κ1) is 22.5. The number of amides is 1. The highest BCUT2D eigenvalue weighted by atomic mass is 35.5. The molecule has 2 aromatic carbocycles. The average Bonchev–Trinajstić information content (AvgIpc) is 2.53. The zero-order valence-electron chi connectivity index (χ0n) is 14.2. The summed E-state index contributed by atoms with van der Waals surface area (Å²) >= 11 is 11.7. The Kier molecular flexibility index (Phi) is 6.34. The molecular weight excluding hydrogens is 442 g/mol. The number of anilines is 1. The van der Waals surface area contributed by atoms with Gasteiger partial charge in [0.2, 0.25) is 0 Å². The zero-order chi connectivity index (χ0) is 21.3. The number of halogens is 5. The van der Waals surface area contributed by atoms with Crippen molar-refractivity contribution in [3.8, 4) is 0 Å². The number of hydrogen-bond donors (Lipinski definition) is 2. The van der Waals surface area contributed by atoms with Gasteiger partial charge < -0.3 is 10.4 Å². The van der Waals surface area contributed by atoms with Crippen molar-refractivity contribution in [2.45, 2.75) is 23.6 Å². The molecule has 152 valence electrons. The van der Waals surface area contributed by atoms with Crippen LogP contribution in [0.15, 0.2) is 47.4 Å². The molecule has 1 atom stereocenters. The lowest BCUT2D eigenvalue weighted by Crippen LogP contribution is -2.45. The summed E-state index contributed by atoms with van der Waals surface area (Å²) in [5.41, 5.74) is -3.39. The Labute approximate surface area is 169 Å². The summed E-state index contributed by atoms with van der Waals surface area (Å²) < 4.78 is 62.8. The van der Waals surface area contributed by atoms with Gasteiger partial charge in [0.15, 0.2) is 15.4 Å². The number of hydrogen-bond acceptors (Lipinski definition) is 4. The average molecular weight is 456 g/mol. The van der Waals surface area contributed by atoms with Gasteiger partial charge in [-0.2, -0.15) is 13.2 Å². The van der Waals surface area contributed by atoms with Gasteiger partial charge in [-0.05, 0) is 43.3 Å². The first-order chi connectivity index (χ1) is 12.7. The highest BCUT2D eigenvalue weighted by Gasteiger charge is 2.38. The molecule has 0 aliphatic rings. The lowest BCUT2D eigenvalue weighted by Gasteiger charge is -2.23. The van der Waals surface area contributed by atoms with E-state index < -0.39 is 43.7 Å². The van der Waals surface area contributed by atoms with Crippen LogP contribution in [0.1, 0.15) is 12.5 Å². The Hall–Kier alpha value is -1.81. The molecule has 28 heavy (non-hydrogen) atoms. The molecule has 5 nitrogen and oxygen atoms in total. The molecule has 0 unspecified atom stereocenters. The number of aliphatic hydroxyl groups is 1. The molecule has 0 saturated carbocycles. The van der Waals surface area contributed by atoms with E-state index in [1.54, 1.807) is 0 Å². The molecular formula is C17H14Cl2F3NO4S. The summed E-state index contributed by atoms with van der Waals surface area (Å²) in [6, 6.07) is 7.45. The molecule has 0 bridgehead atoms. The quantitative estimate of drug-likeness (QED) is 0.708. The number of carbonyl (C=O) groups excluding carboxylic acids is 1. The smallest absolute Gasteiger partial charge is 0.379 e. The summed E-state index contributed by atoms with van der Waals surface area (Å²) in [6.07, 6.45) is -4.55. The SMILES string of the molecule is C[C@](O)(CS(=O)(=O)c1c(Cl)cccc1Cl)C(=O)Nc1ccc(C(F)(F)F)cc1. The summed E-state index contributed by atoms with van der Waals surface area (Å²) in [7, 11) is -4.27. The van der Waals surface area contributed by atoms with E-state index in [4.69, 9.17) is 23.2 Å². The topological polar surface area (TPSA) is 83.5 Å². The molecule has 2 rings (SSSR count). The van der Waals surface area contributed by atoms with Crippen LogP contribution in [-0.4, -0.2) is 30.8 Å². The van der Waals surface area contributed by atoms with Crippen molar-refractivity contribution in [3.63, 3.8) is 0 Å². The fourth-order valence-electron chi connectivity index (χ4n) is 2.30. The van der Waals surface area contributed by atoms with E-state index in [1.807, 2.05) is 0 Å². The third kappa shape index (κ3) is 5.16. The third-order valence-corrected chi connectivity index (χ3v) is 6.52. The van der Waals surface area contributed by atoms with Crippen LogP contribution in [-0.2, 0) is 20.8 Å². The van der Waals surface area contributed by atoms with Gasteiger partial charge in [-0.1, -0.05) is 29.3 Å². The molecule has 0 aliphatic carbocycles. The standard InChI is InChI=1S/C17H14Cl2F3NO4S/c1-16(25,9-28(26,27)14-12(18)3-2-4-13(14)19)15(24)23-11-7-5-10(6-8-11)17(20,21)22/h2-8,25H,9H2,1H3,(H,23,24)/t16-/m0/s1. The van der Waals surface area contributed by atoms with E-state index in [1.165, 1.54) is 18.2 Å². The minimum absolute atomic E-state index is 0.0496.